The van der Waals surface area contributed by atoms with E-state index in [9.17, 15) is 18.4 Å². The van der Waals surface area contributed by atoms with Crippen molar-refractivity contribution in [2.45, 2.75) is 45.2 Å². The number of nitrogens with one attached hydrogen (secondary N) is 1. The summed E-state index contributed by atoms with van der Waals surface area (Å²) in [4.78, 5) is 27.5. The smallest absolute Gasteiger partial charge is 0.332 e. The van der Waals surface area contributed by atoms with Gasteiger partial charge in [-0.05, 0) is 48.7 Å². The molecule has 1 N–H and O–H groups in total. The minimum atomic E-state index is -0.618. The van der Waals surface area contributed by atoms with Gasteiger partial charge in [0.2, 0.25) is 11.2 Å². The average Bonchev–Trinajstić information content (AvgIpc) is 2.94. The van der Waals surface area contributed by atoms with Crippen LogP contribution in [0.3, 0.4) is 0 Å². The van der Waals surface area contributed by atoms with Gasteiger partial charge in [-0.25, -0.2) is 13.6 Å². The number of hydrogen-bond donors (Lipinski definition) is 1. The minimum absolute atomic E-state index is 0.170. The third-order valence-electron chi connectivity index (χ3n) is 4.63. The molecule has 1 heterocycles. The summed E-state index contributed by atoms with van der Waals surface area (Å²) < 4.78 is 30.8. The van der Waals surface area contributed by atoms with Gasteiger partial charge in [0, 0.05) is 18.5 Å². The van der Waals surface area contributed by atoms with Crippen molar-refractivity contribution in [2.24, 2.45) is 0 Å². The lowest BCUT2D eigenvalue weighted by Gasteiger charge is -2.27. The van der Waals surface area contributed by atoms with E-state index in [2.05, 4.69) is 5.32 Å². The SMILES string of the molecule is CCC(=O)On1cc(CNC=O)n(C2CCc3c(F)cc(F)cc3C2)c1=S. The van der Waals surface area contributed by atoms with Crippen LogP contribution >= 0.6 is 12.2 Å². The summed E-state index contributed by atoms with van der Waals surface area (Å²) in [6.07, 6.45) is 3.71. The zero-order chi connectivity index (χ0) is 19.6. The summed E-state index contributed by atoms with van der Waals surface area (Å²) in [6, 6.07) is 2.06. The number of imidazole rings is 1. The maximum atomic E-state index is 14.0. The van der Waals surface area contributed by atoms with Crippen LogP contribution in [-0.4, -0.2) is 21.7 Å². The molecule has 1 amide bonds. The Labute approximate surface area is 159 Å². The van der Waals surface area contributed by atoms with Crippen molar-refractivity contribution >= 4 is 24.6 Å². The molecule has 0 aliphatic heterocycles. The number of carbonyl (C=O) groups is 2. The number of nitrogens with zero attached hydrogens (tertiary/aromatic N) is 2. The Morgan fingerprint density at radius 3 is 2.93 bits per heavy atom. The van der Waals surface area contributed by atoms with E-state index >= 15 is 0 Å². The fraction of sp³-hybridized carbons (Fsp3) is 0.389. The summed E-state index contributed by atoms with van der Waals surface area (Å²) in [5, 5.41) is 2.57. The van der Waals surface area contributed by atoms with Crippen molar-refractivity contribution in [3.8, 4) is 0 Å². The Hall–Kier alpha value is -2.55. The Morgan fingerprint density at radius 1 is 1.44 bits per heavy atom. The lowest BCUT2D eigenvalue weighted by atomic mass is 9.87. The second-order valence-electron chi connectivity index (χ2n) is 6.34. The van der Waals surface area contributed by atoms with E-state index in [1.54, 1.807) is 17.7 Å². The first-order valence-corrected chi connectivity index (χ1v) is 9.03. The van der Waals surface area contributed by atoms with Gasteiger partial charge in [-0.3, -0.25) is 4.79 Å². The lowest BCUT2D eigenvalue weighted by Crippen LogP contribution is -2.24. The number of amides is 1. The van der Waals surface area contributed by atoms with Crippen molar-refractivity contribution in [3.63, 3.8) is 0 Å². The van der Waals surface area contributed by atoms with Crippen LogP contribution in [0.5, 0.6) is 0 Å². The summed E-state index contributed by atoms with van der Waals surface area (Å²) in [5.41, 5.74) is 1.75. The molecule has 0 spiro atoms. The number of rotatable bonds is 6. The molecule has 3 rings (SSSR count). The molecule has 0 fully saturated rings. The Morgan fingerprint density at radius 2 is 2.22 bits per heavy atom. The topological polar surface area (TPSA) is 65.3 Å². The normalized spacial score (nSPS) is 15.9. The first-order valence-electron chi connectivity index (χ1n) is 8.62. The van der Waals surface area contributed by atoms with Crippen molar-refractivity contribution in [1.29, 1.82) is 0 Å². The van der Waals surface area contributed by atoms with Crippen LogP contribution in [-0.2, 0) is 29.0 Å². The first kappa shape index (κ1) is 19.2. The third-order valence-corrected chi connectivity index (χ3v) is 5.00. The summed E-state index contributed by atoms with van der Waals surface area (Å²) in [7, 11) is 0. The molecular formula is C18H19F2N3O3S. The predicted octanol–water partition coefficient (Wildman–Crippen LogP) is 2.64. The highest BCUT2D eigenvalue weighted by atomic mass is 32.1. The molecule has 1 aromatic carbocycles. The molecule has 1 unspecified atom stereocenters. The molecule has 0 saturated heterocycles. The largest absolute Gasteiger partial charge is 0.353 e. The van der Waals surface area contributed by atoms with E-state index < -0.39 is 17.6 Å². The van der Waals surface area contributed by atoms with Crippen LogP contribution in [0, 0.1) is 16.4 Å². The average molecular weight is 395 g/mol. The second-order valence-corrected chi connectivity index (χ2v) is 6.70. The van der Waals surface area contributed by atoms with Gasteiger partial charge < -0.3 is 14.7 Å². The fourth-order valence-corrected chi connectivity index (χ4v) is 3.75. The number of halogens is 2. The fourth-order valence-electron chi connectivity index (χ4n) is 3.40. The van der Waals surface area contributed by atoms with E-state index in [1.165, 1.54) is 10.8 Å². The van der Waals surface area contributed by atoms with Crippen LogP contribution in [0.25, 0.3) is 0 Å². The molecule has 2 aromatic rings. The molecule has 1 aliphatic carbocycles. The van der Waals surface area contributed by atoms with E-state index in [0.29, 0.717) is 42.5 Å². The van der Waals surface area contributed by atoms with Crippen molar-refractivity contribution in [2.75, 3.05) is 0 Å². The van der Waals surface area contributed by atoms with Crippen LogP contribution in [0.2, 0.25) is 0 Å². The number of carbonyl (C=O) groups excluding carboxylic acids is 2. The molecule has 0 bridgehead atoms. The highest BCUT2D eigenvalue weighted by Gasteiger charge is 2.26. The van der Waals surface area contributed by atoms with E-state index in [0.717, 1.165) is 6.07 Å². The van der Waals surface area contributed by atoms with Gasteiger partial charge in [0.1, 0.15) is 11.6 Å². The number of aromatic nitrogens is 2. The number of hydrogen-bond acceptors (Lipinski definition) is 4. The predicted molar refractivity (Wildman–Crippen MR) is 95.5 cm³/mol. The Bertz CT molecular complexity index is 939. The van der Waals surface area contributed by atoms with Crippen LogP contribution in [0.4, 0.5) is 8.78 Å². The maximum Gasteiger partial charge on any atom is 0.332 e. The zero-order valence-electron chi connectivity index (χ0n) is 14.7. The molecular weight excluding hydrogens is 376 g/mol. The number of benzene rings is 1. The lowest BCUT2D eigenvalue weighted by molar-refractivity contribution is -0.144. The van der Waals surface area contributed by atoms with Gasteiger partial charge >= 0.3 is 5.97 Å². The standard InChI is InChI=1S/C18H19F2N3O3S/c1-2-17(25)26-22-9-14(8-21-10-24)23(18(22)27)13-3-4-15-11(6-13)5-12(19)7-16(15)20/h5,7,9-10,13H,2-4,6,8H2,1H3,(H,21,24). The van der Waals surface area contributed by atoms with Crippen molar-refractivity contribution in [1.82, 2.24) is 14.6 Å². The van der Waals surface area contributed by atoms with Crippen LogP contribution in [0.15, 0.2) is 18.3 Å². The monoisotopic (exact) mass is 395 g/mol. The molecule has 0 saturated carbocycles. The molecule has 0 radical (unpaired) electrons. The molecule has 1 aliphatic rings. The second kappa shape index (κ2) is 7.99. The molecule has 9 heteroatoms. The van der Waals surface area contributed by atoms with E-state index in [4.69, 9.17) is 17.1 Å². The zero-order valence-corrected chi connectivity index (χ0v) is 15.5. The molecule has 6 nitrogen and oxygen atoms in total. The van der Waals surface area contributed by atoms with Crippen molar-refractivity contribution < 1.29 is 23.2 Å². The molecule has 1 aromatic heterocycles. The maximum absolute atomic E-state index is 14.0. The third kappa shape index (κ3) is 3.92. The van der Waals surface area contributed by atoms with Gasteiger partial charge in [-0.1, -0.05) is 6.92 Å². The van der Waals surface area contributed by atoms with Crippen molar-refractivity contribution in [3.05, 3.63) is 51.6 Å². The van der Waals surface area contributed by atoms with Gasteiger partial charge in [0.25, 0.3) is 0 Å². The van der Waals surface area contributed by atoms with E-state index in [-0.39, 0.29) is 23.8 Å². The first-order chi connectivity index (χ1) is 12.9. The van der Waals surface area contributed by atoms with Gasteiger partial charge in [0.05, 0.1) is 18.4 Å². The molecule has 144 valence electrons. The summed E-state index contributed by atoms with van der Waals surface area (Å²) >= 11 is 5.45. The molecule has 1 atom stereocenters. The Balaban J connectivity index is 1.98. The Kier molecular flexibility index (Phi) is 5.69. The molecule has 27 heavy (non-hydrogen) atoms. The van der Waals surface area contributed by atoms with Crippen LogP contribution in [0.1, 0.15) is 42.6 Å². The number of fused-ring (bicyclic) bond motifs is 1. The quantitative estimate of drug-likeness (QED) is 0.603. The summed E-state index contributed by atoms with van der Waals surface area (Å²) in [6.45, 7) is 1.85. The highest BCUT2D eigenvalue weighted by Crippen LogP contribution is 2.32. The van der Waals surface area contributed by atoms with Gasteiger partial charge in [-0.2, -0.15) is 4.73 Å². The summed E-state index contributed by atoms with van der Waals surface area (Å²) in [5.74, 6) is -1.60. The van der Waals surface area contributed by atoms with Gasteiger partial charge in [-0.15, -0.1) is 0 Å². The van der Waals surface area contributed by atoms with E-state index in [1.807, 2.05) is 0 Å². The highest BCUT2D eigenvalue weighted by molar-refractivity contribution is 7.71. The van der Waals surface area contributed by atoms with Crippen LogP contribution < -0.4 is 10.2 Å². The van der Waals surface area contributed by atoms with Gasteiger partial charge in [0.15, 0.2) is 0 Å². The minimum Gasteiger partial charge on any atom is -0.353 e.